The van der Waals surface area contributed by atoms with Crippen molar-refractivity contribution < 1.29 is 9.72 Å². The van der Waals surface area contributed by atoms with Crippen molar-refractivity contribution in [2.75, 3.05) is 11.9 Å². The van der Waals surface area contributed by atoms with E-state index in [0.29, 0.717) is 11.3 Å². The monoisotopic (exact) mass is 265 g/mol. The fourth-order valence-corrected chi connectivity index (χ4v) is 1.50. The predicted molar refractivity (Wildman–Crippen MR) is 74.2 cm³/mol. The third-order valence-electron chi connectivity index (χ3n) is 2.91. The minimum Gasteiger partial charge on any atom is -0.325 e. The molecule has 1 atom stereocenters. The Kier molecular flexibility index (Phi) is 5.44. The van der Waals surface area contributed by atoms with Crippen LogP contribution in [0.1, 0.15) is 25.8 Å². The van der Waals surface area contributed by atoms with Crippen LogP contribution in [0.4, 0.5) is 11.4 Å². The molecular weight excluding hydrogens is 246 g/mol. The number of amides is 1. The number of nitro groups is 1. The van der Waals surface area contributed by atoms with Crippen LogP contribution < -0.4 is 10.6 Å². The lowest BCUT2D eigenvalue weighted by Crippen LogP contribution is -2.33. The van der Waals surface area contributed by atoms with Gasteiger partial charge in [-0.3, -0.25) is 14.9 Å². The Morgan fingerprint density at radius 1 is 1.47 bits per heavy atom. The second-order valence-electron chi connectivity index (χ2n) is 4.50. The van der Waals surface area contributed by atoms with E-state index in [1.807, 2.05) is 13.8 Å². The first-order chi connectivity index (χ1) is 8.93. The van der Waals surface area contributed by atoms with E-state index in [1.54, 1.807) is 19.1 Å². The molecule has 0 fully saturated rings. The standard InChI is InChI=1S/C13H19N3O3/c1-4-10(3)14-8-13(17)15-11-6-5-9(2)12(7-11)16(18)19/h5-7,10,14H,4,8H2,1-3H3,(H,15,17). The van der Waals surface area contributed by atoms with E-state index in [9.17, 15) is 14.9 Å². The average molecular weight is 265 g/mol. The third kappa shape index (κ3) is 4.67. The molecule has 0 aliphatic heterocycles. The molecule has 1 aromatic rings. The molecule has 1 aromatic carbocycles. The smallest absolute Gasteiger partial charge is 0.274 e. The zero-order valence-electron chi connectivity index (χ0n) is 11.4. The number of carbonyl (C=O) groups excluding carboxylic acids is 1. The van der Waals surface area contributed by atoms with E-state index in [4.69, 9.17) is 0 Å². The summed E-state index contributed by atoms with van der Waals surface area (Å²) in [6.45, 7) is 5.87. The highest BCUT2D eigenvalue weighted by molar-refractivity contribution is 5.92. The number of hydrogen-bond acceptors (Lipinski definition) is 4. The molecule has 0 saturated heterocycles. The van der Waals surface area contributed by atoms with Gasteiger partial charge in [-0.25, -0.2) is 0 Å². The summed E-state index contributed by atoms with van der Waals surface area (Å²) < 4.78 is 0. The minimum atomic E-state index is -0.456. The summed E-state index contributed by atoms with van der Waals surface area (Å²) >= 11 is 0. The van der Waals surface area contributed by atoms with Gasteiger partial charge in [-0.15, -0.1) is 0 Å². The molecular formula is C13H19N3O3. The van der Waals surface area contributed by atoms with Gasteiger partial charge in [-0.05, 0) is 26.3 Å². The normalized spacial score (nSPS) is 11.9. The largest absolute Gasteiger partial charge is 0.325 e. The Morgan fingerprint density at radius 2 is 2.16 bits per heavy atom. The van der Waals surface area contributed by atoms with Gasteiger partial charge in [0.2, 0.25) is 5.91 Å². The van der Waals surface area contributed by atoms with Gasteiger partial charge in [0.25, 0.3) is 5.69 Å². The van der Waals surface area contributed by atoms with Crippen LogP contribution >= 0.6 is 0 Å². The van der Waals surface area contributed by atoms with E-state index < -0.39 is 4.92 Å². The summed E-state index contributed by atoms with van der Waals surface area (Å²) in [4.78, 5) is 22.0. The second kappa shape index (κ2) is 6.84. The number of nitrogens with zero attached hydrogens (tertiary/aromatic N) is 1. The summed E-state index contributed by atoms with van der Waals surface area (Å²) in [6.07, 6.45) is 0.934. The van der Waals surface area contributed by atoms with Gasteiger partial charge >= 0.3 is 0 Å². The van der Waals surface area contributed by atoms with Crippen molar-refractivity contribution in [1.29, 1.82) is 0 Å². The Morgan fingerprint density at radius 3 is 2.74 bits per heavy atom. The first-order valence-electron chi connectivity index (χ1n) is 6.22. The van der Waals surface area contributed by atoms with Crippen molar-refractivity contribution in [2.24, 2.45) is 0 Å². The van der Waals surface area contributed by atoms with Crippen LogP contribution in [0, 0.1) is 17.0 Å². The number of carbonyl (C=O) groups is 1. The van der Waals surface area contributed by atoms with Gasteiger partial charge < -0.3 is 10.6 Å². The minimum absolute atomic E-state index is 0.00712. The third-order valence-corrected chi connectivity index (χ3v) is 2.91. The van der Waals surface area contributed by atoms with Crippen LogP contribution in [0.15, 0.2) is 18.2 Å². The molecule has 6 nitrogen and oxygen atoms in total. The summed E-state index contributed by atoms with van der Waals surface area (Å²) in [6, 6.07) is 4.91. The molecule has 0 heterocycles. The number of rotatable bonds is 6. The van der Waals surface area contributed by atoms with Gasteiger partial charge in [0.05, 0.1) is 11.5 Å². The van der Waals surface area contributed by atoms with Crippen molar-refractivity contribution in [1.82, 2.24) is 5.32 Å². The number of aryl methyl sites for hydroxylation is 1. The maximum absolute atomic E-state index is 11.7. The fraction of sp³-hybridized carbons (Fsp3) is 0.462. The molecule has 19 heavy (non-hydrogen) atoms. The Balaban J connectivity index is 2.64. The van der Waals surface area contributed by atoms with E-state index in [1.165, 1.54) is 6.07 Å². The molecule has 1 rings (SSSR count). The molecule has 6 heteroatoms. The Labute approximate surface area is 112 Å². The summed E-state index contributed by atoms with van der Waals surface area (Å²) in [5.74, 6) is -0.210. The zero-order chi connectivity index (χ0) is 14.4. The SMILES string of the molecule is CCC(C)NCC(=O)Nc1ccc(C)c([N+](=O)[O-])c1. The number of benzene rings is 1. The van der Waals surface area contributed by atoms with Crippen LogP contribution in [0.25, 0.3) is 0 Å². The number of nitro benzene ring substituents is 1. The lowest BCUT2D eigenvalue weighted by atomic mass is 10.2. The van der Waals surface area contributed by atoms with E-state index >= 15 is 0 Å². The quantitative estimate of drug-likeness (QED) is 0.610. The molecule has 0 aromatic heterocycles. The van der Waals surface area contributed by atoms with Gasteiger partial charge in [0.15, 0.2) is 0 Å². The number of nitrogens with one attached hydrogen (secondary N) is 2. The fourth-order valence-electron chi connectivity index (χ4n) is 1.50. The molecule has 104 valence electrons. The molecule has 0 bridgehead atoms. The highest BCUT2D eigenvalue weighted by atomic mass is 16.6. The first-order valence-corrected chi connectivity index (χ1v) is 6.22. The van der Waals surface area contributed by atoms with Crippen molar-refractivity contribution in [3.05, 3.63) is 33.9 Å². The Bertz CT molecular complexity index is 474. The number of hydrogen-bond donors (Lipinski definition) is 2. The lowest BCUT2D eigenvalue weighted by Gasteiger charge is -2.11. The summed E-state index contributed by atoms with van der Waals surface area (Å²) in [7, 11) is 0. The van der Waals surface area contributed by atoms with Gasteiger partial charge in [-0.1, -0.05) is 13.0 Å². The van der Waals surface area contributed by atoms with E-state index in [0.717, 1.165) is 6.42 Å². The highest BCUT2D eigenvalue weighted by Crippen LogP contribution is 2.22. The highest BCUT2D eigenvalue weighted by Gasteiger charge is 2.12. The molecule has 0 saturated carbocycles. The summed E-state index contributed by atoms with van der Waals surface area (Å²) in [5, 5.41) is 16.5. The molecule has 0 spiro atoms. The topological polar surface area (TPSA) is 84.3 Å². The molecule has 0 aliphatic carbocycles. The van der Waals surface area contributed by atoms with E-state index in [-0.39, 0.29) is 24.2 Å². The second-order valence-corrected chi connectivity index (χ2v) is 4.50. The van der Waals surface area contributed by atoms with E-state index in [2.05, 4.69) is 10.6 Å². The maximum Gasteiger partial charge on any atom is 0.274 e. The first kappa shape index (κ1) is 15.1. The van der Waals surface area contributed by atoms with Crippen LogP contribution in [0.3, 0.4) is 0 Å². The molecule has 2 N–H and O–H groups in total. The van der Waals surface area contributed by atoms with Crippen molar-refractivity contribution in [3.8, 4) is 0 Å². The van der Waals surface area contributed by atoms with Gasteiger partial charge in [0, 0.05) is 23.4 Å². The van der Waals surface area contributed by atoms with Crippen LogP contribution in [0.2, 0.25) is 0 Å². The number of anilines is 1. The van der Waals surface area contributed by atoms with Crippen molar-refractivity contribution >= 4 is 17.3 Å². The summed E-state index contributed by atoms with van der Waals surface area (Å²) in [5.41, 5.74) is 1.02. The van der Waals surface area contributed by atoms with Gasteiger partial charge in [0.1, 0.15) is 0 Å². The maximum atomic E-state index is 11.7. The van der Waals surface area contributed by atoms with Crippen LogP contribution in [-0.2, 0) is 4.79 Å². The average Bonchev–Trinajstić information content (AvgIpc) is 2.37. The molecule has 0 aliphatic rings. The van der Waals surface area contributed by atoms with Crippen LogP contribution in [0.5, 0.6) is 0 Å². The lowest BCUT2D eigenvalue weighted by molar-refractivity contribution is -0.385. The molecule has 1 amide bonds. The van der Waals surface area contributed by atoms with Gasteiger partial charge in [-0.2, -0.15) is 0 Å². The molecule has 0 radical (unpaired) electrons. The zero-order valence-corrected chi connectivity index (χ0v) is 11.4. The van der Waals surface area contributed by atoms with Crippen LogP contribution in [-0.4, -0.2) is 23.4 Å². The Hall–Kier alpha value is -1.95. The molecule has 1 unspecified atom stereocenters. The predicted octanol–water partition coefficient (Wildman–Crippen LogP) is 2.23. The van der Waals surface area contributed by atoms with Crippen molar-refractivity contribution in [3.63, 3.8) is 0 Å². The van der Waals surface area contributed by atoms with Crippen molar-refractivity contribution in [2.45, 2.75) is 33.2 Å².